The van der Waals surface area contributed by atoms with Crippen molar-refractivity contribution >= 4 is 0 Å². The molecule has 3 unspecified atom stereocenters. The third-order valence-electron chi connectivity index (χ3n) is 2.71. The topological polar surface area (TPSA) is 42.4 Å². The maximum atomic E-state index is 5.83. The van der Waals surface area contributed by atoms with Gasteiger partial charge in [0.1, 0.15) is 0 Å². The van der Waals surface area contributed by atoms with Crippen molar-refractivity contribution in [3.8, 4) is 6.19 Å². The lowest BCUT2D eigenvalue weighted by Gasteiger charge is -2.10. The summed E-state index contributed by atoms with van der Waals surface area (Å²) in [5.41, 5.74) is 5.83. The highest BCUT2D eigenvalue weighted by Crippen LogP contribution is 2.12. The SMILES string of the molecule is CCC(N)CCCC1NC#[N+]C1C. The van der Waals surface area contributed by atoms with Gasteiger partial charge in [-0.2, -0.15) is 4.85 Å². The van der Waals surface area contributed by atoms with Crippen LogP contribution in [0.15, 0.2) is 0 Å². The summed E-state index contributed by atoms with van der Waals surface area (Å²) in [6.07, 6.45) is 7.37. The van der Waals surface area contributed by atoms with E-state index in [0.29, 0.717) is 18.1 Å². The molecule has 1 aliphatic rings. The molecule has 1 heterocycles. The van der Waals surface area contributed by atoms with E-state index in [0.717, 1.165) is 19.3 Å². The molecule has 0 aromatic carbocycles. The van der Waals surface area contributed by atoms with Gasteiger partial charge < -0.3 is 5.73 Å². The van der Waals surface area contributed by atoms with E-state index in [-0.39, 0.29) is 0 Å². The highest BCUT2D eigenvalue weighted by Gasteiger charge is 2.27. The Kier molecular flexibility index (Phi) is 4.04. The molecule has 1 aliphatic heterocycles. The van der Waals surface area contributed by atoms with E-state index in [1.165, 1.54) is 6.42 Å². The summed E-state index contributed by atoms with van der Waals surface area (Å²) in [5, 5.41) is 3.14. The first kappa shape index (κ1) is 10.3. The maximum Gasteiger partial charge on any atom is 0.369 e. The molecule has 3 atom stereocenters. The first-order valence-electron chi connectivity index (χ1n) is 5.20. The molecule has 0 aromatic heterocycles. The molecule has 0 fully saturated rings. The number of rotatable bonds is 5. The second-order valence-electron chi connectivity index (χ2n) is 3.83. The zero-order valence-electron chi connectivity index (χ0n) is 8.59. The van der Waals surface area contributed by atoms with E-state index < -0.39 is 0 Å². The Morgan fingerprint density at radius 3 is 2.92 bits per heavy atom. The molecule has 0 spiro atoms. The van der Waals surface area contributed by atoms with Gasteiger partial charge in [0.2, 0.25) is 6.04 Å². The quantitative estimate of drug-likeness (QED) is 0.633. The van der Waals surface area contributed by atoms with Gasteiger partial charge in [-0.05, 0) is 32.6 Å². The minimum absolute atomic E-state index is 0.376. The third kappa shape index (κ3) is 3.23. The van der Waals surface area contributed by atoms with Gasteiger partial charge in [0, 0.05) is 6.04 Å². The molecule has 1 rings (SSSR count). The molecular formula is C10H20N3+. The van der Waals surface area contributed by atoms with Crippen molar-refractivity contribution in [1.82, 2.24) is 5.32 Å². The Morgan fingerprint density at radius 1 is 1.62 bits per heavy atom. The molecule has 0 aliphatic carbocycles. The normalized spacial score (nSPS) is 27.6. The van der Waals surface area contributed by atoms with Crippen LogP contribution in [-0.2, 0) is 0 Å². The molecule has 0 radical (unpaired) electrons. The van der Waals surface area contributed by atoms with Crippen molar-refractivity contribution in [3.63, 3.8) is 0 Å². The molecule has 0 saturated carbocycles. The van der Waals surface area contributed by atoms with Gasteiger partial charge in [-0.25, -0.2) is 5.32 Å². The van der Waals surface area contributed by atoms with Gasteiger partial charge in [-0.1, -0.05) is 6.92 Å². The fraction of sp³-hybridized carbons (Fsp3) is 0.900. The van der Waals surface area contributed by atoms with Gasteiger partial charge in [0.15, 0.2) is 6.04 Å². The third-order valence-corrected chi connectivity index (χ3v) is 2.71. The van der Waals surface area contributed by atoms with Crippen molar-refractivity contribution < 1.29 is 0 Å². The number of nitrogens with two attached hydrogens (primary N) is 1. The van der Waals surface area contributed by atoms with Gasteiger partial charge >= 0.3 is 6.19 Å². The molecule has 0 amide bonds. The summed E-state index contributed by atoms with van der Waals surface area (Å²) in [6, 6.07) is 1.25. The summed E-state index contributed by atoms with van der Waals surface area (Å²) in [4.78, 5) is 4.14. The second-order valence-corrected chi connectivity index (χ2v) is 3.83. The average Bonchev–Trinajstić information content (AvgIpc) is 2.52. The molecule has 0 bridgehead atoms. The average molecular weight is 182 g/mol. The van der Waals surface area contributed by atoms with E-state index in [9.17, 15) is 0 Å². The number of hydrogen-bond acceptors (Lipinski definition) is 2. The van der Waals surface area contributed by atoms with Crippen LogP contribution in [0.3, 0.4) is 0 Å². The van der Waals surface area contributed by atoms with Gasteiger partial charge in [-0.3, -0.25) is 0 Å². The molecule has 3 nitrogen and oxygen atoms in total. The van der Waals surface area contributed by atoms with Crippen LogP contribution in [0.1, 0.15) is 39.5 Å². The van der Waals surface area contributed by atoms with Gasteiger partial charge in [0.25, 0.3) is 0 Å². The number of nitrogens with zero attached hydrogens (tertiary/aromatic N) is 1. The predicted octanol–water partition coefficient (Wildman–Crippen LogP) is 1.54. The minimum Gasteiger partial charge on any atom is -0.328 e. The zero-order valence-corrected chi connectivity index (χ0v) is 8.59. The van der Waals surface area contributed by atoms with Crippen molar-refractivity contribution in [2.24, 2.45) is 5.73 Å². The van der Waals surface area contributed by atoms with Crippen LogP contribution in [-0.4, -0.2) is 18.1 Å². The summed E-state index contributed by atoms with van der Waals surface area (Å²) in [5.74, 6) is 0. The van der Waals surface area contributed by atoms with E-state index in [1.54, 1.807) is 0 Å². The number of hydrogen-bond donors (Lipinski definition) is 2. The smallest absolute Gasteiger partial charge is 0.328 e. The maximum absolute atomic E-state index is 5.83. The Balaban J connectivity index is 2.07. The Bertz CT molecular complexity index is 204. The van der Waals surface area contributed by atoms with E-state index in [4.69, 9.17) is 5.73 Å². The van der Waals surface area contributed by atoms with Crippen LogP contribution in [0.25, 0.3) is 4.85 Å². The zero-order chi connectivity index (χ0) is 9.68. The second kappa shape index (κ2) is 5.08. The van der Waals surface area contributed by atoms with Crippen LogP contribution >= 0.6 is 0 Å². The Morgan fingerprint density at radius 2 is 2.38 bits per heavy atom. The van der Waals surface area contributed by atoms with Crippen LogP contribution in [0.2, 0.25) is 0 Å². The van der Waals surface area contributed by atoms with Crippen LogP contribution in [0, 0.1) is 6.19 Å². The van der Waals surface area contributed by atoms with Crippen molar-refractivity contribution in [2.75, 3.05) is 0 Å². The highest BCUT2D eigenvalue weighted by atomic mass is 15.0. The fourth-order valence-corrected chi connectivity index (χ4v) is 1.55. The van der Waals surface area contributed by atoms with Crippen molar-refractivity contribution in [3.05, 3.63) is 4.85 Å². The van der Waals surface area contributed by atoms with Crippen LogP contribution in [0.5, 0.6) is 0 Å². The molecule has 0 saturated heterocycles. The predicted molar refractivity (Wildman–Crippen MR) is 55.8 cm³/mol. The molecule has 3 N–H and O–H groups in total. The molecule has 3 heteroatoms. The molecule has 0 aromatic rings. The molecule has 13 heavy (non-hydrogen) atoms. The van der Waals surface area contributed by atoms with Gasteiger partial charge in [0.05, 0.1) is 0 Å². The van der Waals surface area contributed by atoms with E-state index >= 15 is 0 Å². The number of nitrogens with one attached hydrogen (secondary N) is 1. The largest absolute Gasteiger partial charge is 0.369 e. The first-order valence-corrected chi connectivity index (χ1v) is 5.20. The highest BCUT2D eigenvalue weighted by molar-refractivity contribution is 5.05. The summed E-state index contributed by atoms with van der Waals surface area (Å²) < 4.78 is 0. The first-order chi connectivity index (χ1) is 6.24. The lowest BCUT2D eigenvalue weighted by molar-refractivity contribution is 0.474. The summed E-state index contributed by atoms with van der Waals surface area (Å²) >= 11 is 0. The Hall–Kier alpha value is -0.750. The summed E-state index contributed by atoms with van der Waals surface area (Å²) in [7, 11) is 0. The van der Waals surface area contributed by atoms with E-state index in [2.05, 4.69) is 30.2 Å². The summed E-state index contributed by atoms with van der Waals surface area (Å²) in [6.45, 7) is 4.26. The fourth-order valence-electron chi connectivity index (χ4n) is 1.55. The lowest BCUT2D eigenvalue weighted by Crippen LogP contribution is -2.30. The lowest BCUT2D eigenvalue weighted by atomic mass is 10.0. The van der Waals surface area contributed by atoms with Crippen LogP contribution in [0.4, 0.5) is 0 Å². The Labute approximate surface area is 80.5 Å². The van der Waals surface area contributed by atoms with Crippen molar-refractivity contribution in [2.45, 2.75) is 57.7 Å². The standard InChI is InChI=1S/C10H19N3/c1-3-9(11)5-4-6-10-8(2)12-7-13-10/h8-10H,3-6,11H2,1-2H3/p+1. The molecule has 74 valence electrons. The monoisotopic (exact) mass is 182 g/mol. The van der Waals surface area contributed by atoms with Crippen LogP contribution < -0.4 is 11.1 Å². The van der Waals surface area contributed by atoms with E-state index in [1.807, 2.05) is 0 Å². The minimum atomic E-state index is 0.376. The van der Waals surface area contributed by atoms with Crippen molar-refractivity contribution in [1.29, 1.82) is 0 Å². The molecular weight excluding hydrogens is 162 g/mol. The van der Waals surface area contributed by atoms with Gasteiger partial charge in [-0.15, -0.1) is 0 Å².